The van der Waals surface area contributed by atoms with Crippen molar-refractivity contribution in [3.8, 4) is 5.69 Å². The Labute approximate surface area is 114 Å². The zero-order valence-electron chi connectivity index (χ0n) is 11.4. The first-order chi connectivity index (χ1) is 9.36. The van der Waals surface area contributed by atoms with E-state index in [0.29, 0.717) is 11.4 Å². The van der Waals surface area contributed by atoms with Gasteiger partial charge in [0.2, 0.25) is 0 Å². The Morgan fingerprint density at radius 3 is 2.50 bits per heavy atom. The van der Waals surface area contributed by atoms with Crippen molar-refractivity contribution in [3.63, 3.8) is 0 Å². The van der Waals surface area contributed by atoms with E-state index in [0.717, 1.165) is 6.07 Å². The maximum Gasteiger partial charge on any atom is 0.418 e. The number of halogens is 3. The van der Waals surface area contributed by atoms with Gasteiger partial charge in [0.25, 0.3) is 0 Å². The Morgan fingerprint density at radius 1 is 1.25 bits per heavy atom. The second-order valence-corrected chi connectivity index (χ2v) is 4.50. The number of aromatic nitrogens is 3. The fourth-order valence-corrected chi connectivity index (χ4v) is 2.00. The van der Waals surface area contributed by atoms with Crippen molar-refractivity contribution in [2.24, 2.45) is 0 Å². The summed E-state index contributed by atoms with van der Waals surface area (Å²) in [5.74, 6) is 0. The van der Waals surface area contributed by atoms with Crippen LogP contribution in [0.25, 0.3) is 5.69 Å². The van der Waals surface area contributed by atoms with Gasteiger partial charge in [-0.15, -0.1) is 5.10 Å². The Morgan fingerprint density at radius 2 is 1.90 bits per heavy atom. The molecule has 0 amide bonds. The first-order valence-corrected chi connectivity index (χ1v) is 6.12. The summed E-state index contributed by atoms with van der Waals surface area (Å²) in [5, 5.41) is 10.8. The number of nitrogens with one attached hydrogen (secondary N) is 1. The smallest absolute Gasteiger partial charge is 0.312 e. The minimum Gasteiger partial charge on any atom is -0.312 e. The molecule has 1 aromatic carbocycles. The number of benzene rings is 1. The van der Waals surface area contributed by atoms with E-state index in [4.69, 9.17) is 0 Å². The molecule has 1 atom stereocenters. The van der Waals surface area contributed by atoms with E-state index < -0.39 is 11.7 Å². The summed E-state index contributed by atoms with van der Waals surface area (Å²) in [6.45, 7) is 3.58. The summed E-state index contributed by atoms with van der Waals surface area (Å²) >= 11 is 0. The zero-order chi connectivity index (χ0) is 14.9. The number of rotatable bonds is 3. The molecule has 1 N–H and O–H groups in total. The van der Waals surface area contributed by atoms with E-state index in [9.17, 15) is 13.2 Å². The van der Waals surface area contributed by atoms with E-state index in [2.05, 4.69) is 15.6 Å². The fourth-order valence-electron chi connectivity index (χ4n) is 2.00. The lowest BCUT2D eigenvalue weighted by molar-refractivity contribution is -0.137. The molecule has 2 rings (SSSR count). The highest BCUT2D eigenvalue weighted by Gasteiger charge is 2.34. The molecule has 0 spiro atoms. The quantitative estimate of drug-likeness (QED) is 0.942. The molecule has 1 aromatic heterocycles. The lowest BCUT2D eigenvalue weighted by Crippen LogP contribution is -2.15. The standard InChI is InChI=1S/C13H15F3N4/c1-8(17-3)12-9(2)20(19-18-12)11-7-5-4-6-10(11)13(14,15)16/h4-8,17H,1-3H3. The summed E-state index contributed by atoms with van der Waals surface area (Å²) in [4.78, 5) is 0. The zero-order valence-corrected chi connectivity index (χ0v) is 11.4. The van der Waals surface area contributed by atoms with Gasteiger partial charge in [-0.25, -0.2) is 4.68 Å². The molecule has 7 heteroatoms. The fraction of sp³-hybridized carbons (Fsp3) is 0.385. The molecule has 108 valence electrons. The summed E-state index contributed by atoms with van der Waals surface area (Å²) in [5.41, 5.74) is 0.476. The van der Waals surface area contributed by atoms with Crippen LogP contribution in [0.2, 0.25) is 0 Å². The van der Waals surface area contributed by atoms with Crippen LogP contribution in [-0.2, 0) is 6.18 Å². The van der Waals surface area contributed by atoms with Crippen LogP contribution in [0.4, 0.5) is 13.2 Å². The second-order valence-electron chi connectivity index (χ2n) is 4.50. The Hall–Kier alpha value is -1.89. The average molecular weight is 284 g/mol. The second kappa shape index (κ2) is 5.24. The molecular weight excluding hydrogens is 269 g/mol. The van der Waals surface area contributed by atoms with E-state index >= 15 is 0 Å². The van der Waals surface area contributed by atoms with E-state index in [1.165, 1.54) is 16.8 Å². The summed E-state index contributed by atoms with van der Waals surface area (Å²) in [6.07, 6.45) is -4.43. The van der Waals surface area contributed by atoms with Gasteiger partial charge in [-0.2, -0.15) is 13.2 Å². The molecule has 1 heterocycles. The predicted octanol–water partition coefficient (Wildman–Crippen LogP) is 2.87. The normalized spacial score (nSPS) is 13.5. The van der Waals surface area contributed by atoms with Gasteiger partial charge in [0.15, 0.2) is 0 Å². The van der Waals surface area contributed by atoms with Crippen molar-refractivity contribution < 1.29 is 13.2 Å². The van der Waals surface area contributed by atoms with Gasteiger partial charge in [0, 0.05) is 0 Å². The maximum atomic E-state index is 13.0. The highest BCUT2D eigenvalue weighted by atomic mass is 19.4. The lowest BCUT2D eigenvalue weighted by Gasteiger charge is -2.13. The molecule has 0 aliphatic carbocycles. The van der Waals surface area contributed by atoms with Crippen LogP contribution in [0, 0.1) is 6.92 Å². The molecule has 0 radical (unpaired) electrons. The Kier molecular flexibility index (Phi) is 3.80. The van der Waals surface area contributed by atoms with Crippen molar-refractivity contribution >= 4 is 0 Å². The highest BCUT2D eigenvalue weighted by molar-refractivity contribution is 5.43. The van der Waals surface area contributed by atoms with E-state index in [1.54, 1.807) is 20.0 Å². The molecule has 0 aliphatic rings. The molecule has 0 aliphatic heterocycles. The van der Waals surface area contributed by atoms with Crippen LogP contribution in [-0.4, -0.2) is 22.0 Å². The van der Waals surface area contributed by atoms with Crippen LogP contribution < -0.4 is 5.32 Å². The van der Waals surface area contributed by atoms with Gasteiger partial charge in [-0.3, -0.25) is 0 Å². The van der Waals surface area contributed by atoms with Crippen LogP contribution in [0.3, 0.4) is 0 Å². The molecule has 2 aromatic rings. The van der Waals surface area contributed by atoms with Gasteiger partial charge >= 0.3 is 6.18 Å². The van der Waals surface area contributed by atoms with E-state index in [1.807, 2.05) is 6.92 Å². The van der Waals surface area contributed by atoms with Gasteiger partial charge < -0.3 is 5.32 Å². The Balaban J connectivity index is 2.56. The number of alkyl halides is 3. The molecular formula is C13H15F3N4. The van der Waals surface area contributed by atoms with Gasteiger partial charge in [0.1, 0.15) is 5.69 Å². The first kappa shape index (κ1) is 14.5. The molecule has 0 fully saturated rings. The minimum atomic E-state index is -4.43. The molecule has 0 saturated heterocycles. The highest BCUT2D eigenvalue weighted by Crippen LogP contribution is 2.34. The number of hydrogen-bond acceptors (Lipinski definition) is 3. The third-order valence-electron chi connectivity index (χ3n) is 3.21. The summed E-state index contributed by atoms with van der Waals surface area (Å²) in [6, 6.07) is 5.25. The molecule has 0 saturated carbocycles. The number of nitrogens with zero attached hydrogens (tertiary/aromatic N) is 3. The largest absolute Gasteiger partial charge is 0.418 e. The number of para-hydroxylation sites is 1. The van der Waals surface area contributed by atoms with Crippen LogP contribution in [0.15, 0.2) is 24.3 Å². The van der Waals surface area contributed by atoms with E-state index in [-0.39, 0.29) is 11.7 Å². The number of hydrogen-bond donors (Lipinski definition) is 1. The van der Waals surface area contributed by atoms with Crippen LogP contribution in [0.1, 0.15) is 29.9 Å². The summed E-state index contributed by atoms with van der Waals surface area (Å²) < 4.78 is 40.3. The lowest BCUT2D eigenvalue weighted by atomic mass is 10.1. The third-order valence-corrected chi connectivity index (χ3v) is 3.21. The average Bonchev–Trinajstić information content (AvgIpc) is 2.78. The van der Waals surface area contributed by atoms with Crippen LogP contribution in [0.5, 0.6) is 0 Å². The van der Waals surface area contributed by atoms with Crippen molar-refractivity contribution in [3.05, 3.63) is 41.2 Å². The predicted molar refractivity (Wildman–Crippen MR) is 68.6 cm³/mol. The van der Waals surface area contributed by atoms with Crippen molar-refractivity contribution in [2.75, 3.05) is 7.05 Å². The topological polar surface area (TPSA) is 42.7 Å². The molecule has 4 nitrogen and oxygen atoms in total. The minimum absolute atomic E-state index is 0.0143. The van der Waals surface area contributed by atoms with Crippen molar-refractivity contribution in [2.45, 2.75) is 26.1 Å². The first-order valence-electron chi connectivity index (χ1n) is 6.12. The van der Waals surface area contributed by atoms with Crippen molar-refractivity contribution in [1.29, 1.82) is 0 Å². The van der Waals surface area contributed by atoms with Crippen LogP contribution >= 0.6 is 0 Å². The van der Waals surface area contributed by atoms with Gasteiger partial charge in [-0.1, -0.05) is 17.3 Å². The monoisotopic (exact) mass is 284 g/mol. The summed E-state index contributed by atoms with van der Waals surface area (Å²) in [7, 11) is 1.76. The van der Waals surface area contributed by atoms with Gasteiger partial charge in [-0.05, 0) is 33.0 Å². The molecule has 0 bridgehead atoms. The van der Waals surface area contributed by atoms with Gasteiger partial charge in [0.05, 0.1) is 23.0 Å². The van der Waals surface area contributed by atoms with Crippen molar-refractivity contribution in [1.82, 2.24) is 20.3 Å². The third kappa shape index (κ3) is 2.53. The Bertz CT molecular complexity index is 604. The molecule has 20 heavy (non-hydrogen) atoms. The maximum absolute atomic E-state index is 13.0. The molecule has 1 unspecified atom stereocenters. The SMILES string of the molecule is CNC(C)c1nnn(-c2ccccc2C(F)(F)F)c1C.